The third-order valence-electron chi connectivity index (χ3n) is 4.27. The number of rotatable bonds is 4. The van der Waals surface area contributed by atoms with E-state index in [1.807, 2.05) is 25.1 Å². The Morgan fingerprint density at radius 3 is 2.62 bits per heavy atom. The zero-order valence-electron chi connectivity index (χ0n) is 14.2. The Labute approximate surface area is 142 Å². The highest BCUT2D eigenvalue weighted by Gasteiger charge is 2.21. The number of aromatic nitrogens is 1. The molecule has 5 nitrogen and oxygen atoms in total. The Kier molecular flexibility index (Phi) is 5.11. The van der Waals surface area contributed by atoms with Gasteiger partial charge in [-0.15, -0.1) is 0 Å². The lowest BCUT2D eigenvalue weighted by molar-refractivity contribution is 0.0938. The lowest BCUT2D eigenvalue weighted by Crippen LogP contribution is -2.38. The van der Waals surface area contributed by atoms with Gasteiger partial charge in [0.15, 0.2) is 0 Å². The van der Waals surface area contributed by atoms with Crippen molar-refractivity contribution in [3.05, 3.63) is 59.3 Å². The minimum absolute atomic E-state index is 0.0594. The molecule has 1 amide bonds. The molecule has 0 spiro atoms. The normalized spacial score (nSPS) is 15.8. The number of ether oxygens (including phenoxy) is 1. The van der Waals surface area contributed by atoms with Gasteiger partial charge in [-0.3, -0.25) is 4.79 Å². The van der Waals surface area contributed by atoms with Crippen LogP contribution >= 0.6 is 0 Å². The maximum atomic E-state index is 12.7. The molecule has 0 bridgehead atoms. The van der Waals surface area contributed by atoms with E-state index in [1.165, 1.54) is 5.56 Å². The van der Waals surface area contributed by atoms with E-state index in [2.05, 4.69) is 34.3 Å². The third kappa shape index (κ3) is 3.74. The van der Waals surface area contributed by atoms with Crippen LogP contribution in [-0.4, -0.2) is 37.2 Å². The fourth-order valence-electron chi connectivity index (χ4n) is 2.81. The van der Waals surface area contributed by atoms with Gasteiger partial charge in [-0.05, 0) is 31.5 Å². The van der Waals surface area contributed by atoms with E-state index in [0.717, 1.165) is 24.5 Å². The maximum Gasteiger partial charge on any atom is 0.255 e. The summed E-state index contributed by atoms with van der Waals surface area (Å²) >= 11 is 0. The molecule has 1 aliphatic rings. The first-order chi connectivity index (χ1) is 11.6. The van der Waals surface area contributed by atoms with Crippen molar-refractivity contribution in [2.75, 3.05) is 31.2 Å². The number of nitrogens with one attached hydrogen (secondary N) is 1. The Morgan fingerprint density at radius 2 is 1.92 bits per heavy atom. The van der Waals surface area contributed by atoms with Gasteiger partial charge in [0.2, 0.25) is 0 Å². The fourth-order valence-corrected chi connectivity index (χ4v) is 2.81. The lowest BCUT2D eigenvalue weighted by Gasteiger charge is -2.29. The van der Waals surface area contributed by atoms with Crippen molar-refractivity contribution in [3.63, 3.8) is 0 Å². The van der Waals surface area contributed by atoms with Gasteiger partial charge in [-0.25, -0.2) is 4.98 Å². The number of pyridine rings is 1. The molecule has 24 heavy (non-hydrogen) atoms. The molecular weight excluding hydrogens is 302 g/mol. The number of amides is 1. The molecule has 1 aromatic carbocycles. The van der Waals surface area contributed by atoms with Crippen LogP contribution in [-0.2, 0) is 4.74 Å². The molecule has 5 heteroatoms. The molecule has 0 aliphatic carbocycles. The molecule has 1 aromatic heterocycles. The molecular formula is C19H23N3O2. The molecule has 1 N–H and O–H groups in total. The van der Waals surface area contributed by atoms with Gasteiger partial charge < -0.3 is 15.0 Å². The predicted octanol–water partition coefficient (Wildman–Crippen LogP) is 2.72. The van der Waals surface area contributed by atoms with Crippen LogP contribution in [0.5, 0.6) is 0 Å². The number of morpholine rings is 1. The van der Waals surface area contributed by atoms with E-state index in [9.17, 15) is 4.79 Å². The van der Waals surface area contributed by atoms with Crippen molar-refractivity contribution < 1.29 is 9.53 Å². The number of carbonyl (C=O) groups excluding carboxylic acids is 1. The summed E-state index contributed by atoms with van der Waals surface area (Å²) in [6, 6.07) is 11.8. The average Bonchev–Trinajstić information content (AvgIpc) is 2.63. The SMILES string of the molecule is Cc1ccc(C(C)NC(=O)c2cccnc2N2CCOCC2)cc1. The van der Waals surface area contributed by atoms with Crippen LogP contribution in [0, 0.1) is 6.92 Å². The van der Waals surface area contributed by atoms with Gasteiger partial charge in [0.25, 0.3) is 5.91 Å². The van der Waals surface area contributed by atoms with E-state index < -0.39 is 0 Å². The molecule has 2 aromatic rings. The van der Waals surface area contributed by atoms with Crippen LogP contribution in [0.15, 0.2) is 42.6 Å². The molecule has 3 rings (SSSR count). The zero-order valence-corrected chi connectivity index (χ0v) is 14.2. The summed E-state index contributed by atoms with van der Waals surface area (Å²) in [4.78, 5) is 19.3. The van der Waals surface area contributed by atoms with Crippen LogP contribution in [0.2, 0.25) is 0 Å². The maximum absolute atomic E-state index is 12.7. The third-order valence-corrected chi connectivity index (χ3v) is 4.27. The summed E-state index contributed by atoms with van der Waals surface area (Å²) in [5.74, 6) is 0.632. The standard InChI is InChI=1S/C19H23N3O2/c1-14-5-7-16(8-6-14)15(2)21-19(23)17-4-3-9-20-18(17)22-10-12-24-13-11-22/h3-9,15H,10-13H2,1-2H3,(H,21,23). The average molecular weight is 325 g/mol. The predicted molar refractivity (Wildman–Crippen MR) is 94.3 cm³/mol. The van der Waals surface area contributed by atoms with Crippen molar-refractivity contribution in [1.29, 1.82) is 0 Å². The molecule has 1 unspecified atom stereocenters. The minimum Gasteiger partial charge on any atom is -0.378 e. The fraction of sp³-hybridized carbons (Fsp3) is 0.368. The molecule has 1 saturated heterocycles. The summed E-state index contributed by atoms with van der Waals surface area (Å²) in [5.41, 5.74) is 2.91. The van der Waals surface area contributed by atoms with Crippen LogP contribution in [0.25, 0.3) is 0 Å². The molecule has 1 fully saturated rings. The summed E-state index contributed by atoms with van der Waals surface area (Å²) in [6.45, 7) is 6.88. The molecule has 0 radical (unpaired) electrons. The van der Waals surface area contributed by atoms with E-state index in [4.69, 9.17) is 4.74 Å². The van der Waals surface area contributed by atoms with Gasteiger partial charge in [0.05, 0.1) is 24.8 Å². The van der Waals surface area contributed by atoms with Gasteiger partial charge in [0.1, 0.15) is 5.82 Å². The second kappa shape index (κ2) is 7.45. The summed E-state index contributed by atoms with van der Waals surface area (Å²) in [5, 5.41) is 3.07. The van der Waals surface area contributed by atoms with Crippen LogP contribution in [0.4, 0.5) is 5.82 Å². The minimum atomic E-state index is -0.0994. The molecule has 1 atom stereocenters. The number of nitrogens with zero attached hydrogens (tertiary/aromatic N) is 2. The summed E-state index contributed by atoms with van der Waals surface area (Å²) in [7, 11) is 0. The van der Waals surface area contributed by atoms with Crippen molar-refractivity contribution in [2.24, 2.45) is 0 Å². The Balaban J connectivity index is 1.76. The number of anilines is 1. The van der Waals surface area contributed by atoms with Crippen molar-refractivity contribution in [3.8, 4) is 0 Å². The Morgan fingerprint density at radius 1 is 1.21 bits per heavy atom. The Bertz CT molecular complexity index is 694. The first-order valence-corrected chi connectivity index (χ1v) is 8.30. The van der Waals surface area contributed by atoms with E-state index in [0.29, 0.717) is 18.8 Å². The molecule has 0 saturated carbocycles. The topological polar surface area (TPSA) is 54.5 Å². The molecule has 2 heterocycles. The number of carbonyl (C=O) groups is 1. The smallest absolute Gasteiger partial charge is 0.255 e. The van der Waals surface area contributed by atoms with Crippen LogP contribution < -0.4 is 10.2 Å². The van der Waals surface area contributed by atoms with Crippen molar-refractivity contribution in [2.45, 2.75) is 19.9 Å². The van der Waals surface area contributed by atoms with Crippen LogP contribution in [0.1, 0.15) is 34.5 Å². The van der Waals surface area contributed by atoms with Crippen molar-refractivity contribution in [1.82, 2.24) is 10.3 Å². The van der Waals surface area contributed by atoms with E-state index in [1.54, 1.807) is 12.3 Å². The number of hydrogen-bond acceptors (Lipinski definition) is 4. The van der Waals surface area contributed by atoms with Gasteiger partial charge >= 0.3 is 0 Å². The number of benzene rings is 1. The quantitative estimate of drug-likeness (QED) is 0.939. The second-order valence-corrected chi connectivity index (χ2v) is 6.08. The highest BCUT2D eigenvalue weighted by atomic mass is 16.5. The summed E-state index contributed by atoms with van der Waals surface area (Å²) in [6.07, 6.45) is 1.73. The first-order valence-electron chi connectivity index (χ1n) is 8.30. The van der Waals surface area contributed by atoms with Gasteiger partial charge in [0, 0.05) is 19.3 Å². The second-order valence-electron chi connectivity index (χ2n) is 6.08. The highest BCUT2D eigenvalue weighted by molar-refractivity contribution is 5.99. The van der Waals surface area contributed by atoms with E-state index in [-0.39, 0.29) is 11.9 Å². The highest BCUT2D eigenvalue weighted by Crippen LogP contribution is 2.20. The summed E-state index contributed by atoms with van der Waals surface area (Å²) < 4.78 is 5.38. The number of hydrogen-bond donors (Lipinski definition) is 1. The first kappa shape index (κ1) is 16.5. The van der Waals surface area contributed by atoms with E-state index >= 15 is 0 Å². The lowest BCUT2D eigenvalue weighted by atomic mass is 10.1. The van der Waals surface area contributed by atoms with Gasteiger partial charge in [-0.2, -0.15) is 0 Å². The largest absolute Gasteiger partial charge is 0.378 e. The molecule has 126 valence electrons. The van der Waals surface area contributed by atoms with Crippen LogP contribution in [0.3, 0.4) is 0 Å². The Hall–Kier alpha value is -2.40. The van der Waals surface area contributed by atoms with Gasteiger partial charge in [-0.1, -0.05) is 29.8 Å². The molecule has 1 aliphatic heterocycles. The number of aryl methyl sites for hydroxylation is 1. The monoisotopic (exact) mass is 325 g/mol. The van der Waals surface area contributed by atoms with Crippen molar-refractivity contribution >= 4 is 11.7 Å². The zero-order chi connectivity index (χ0) is 16.9.